The molecule has 0 atom stereocenters. The van der Waals surface area contributed by atoms with Gasteiger partial charge in [-0.05, 0) is 18.4 Å². The van der Waals surface area contributed by atoms with E-state index in [1.807, 2.05) is 6.07 Å². The van der Waals surface area contributed by atoms with E-state index < -0.39 is 5.69 Å². The van der Waals surface area contributed by atoms with Gasteiger partial charge in [0.05, 0.1) is 11.4 Å². The lowest BCUT2D eigenvalue weighted by Crippen LogP contribution is -2.22. The molecule has 2 rings (SSSR count). The van der Waals surface area contributed by atoms with Crippen molar-refractivity contribution >= 4 is 17.5 Å². The second-order valence-electron chi connectivity index (χ2n) is 4.04. The molecule has 0 fully saturated rings. The molecule has 0 saturated carbocycles. The summed E-state index contributed by atoms with van der Waals surface area (Å²) in [5, 5.41) is 10.2. The quantitative estimate of drug-likeness (QED) is 0.859. The first kappa shape index (κ1) is 13.5. The third-order valence-electron chi connectivity index (χ3n) is 2.79. The minimum Gasteiger partial charge on any atom is -0.493 e. The topological polar surface area (TPSA) is 64.2 Å². The highest BCUT2D eigenvalue weighted by Gasteiger charge is 2.23. The monoisotopic (exact) mass is 278 g/mol. The fourth-order valence-corrected chi connectivity index (χ4v) is 2.31. The molecule has 0 amide bonds. The zero-order valence-corrected chi connectivity index (χ0v) is 11.5. The number of hydrogen-bond donors (Lipinski definition) is 1. The molecule has 6 heteroatoms. The van der Waals surface area contributed by atoms with Crippen LogP contribution in [0.1, 0.15) is 10.5 Å². The molecular weight excluding hydrogens is 264 g/mol. The number of para-hydroxylation sites is 1. The Morgan fingerprint density at radius 1 is 1.32 bits per heavy atom. The number of benzene rings is 1. The van der Waals surface area contributed by atoms with E-state index in [0.29, 0.717) is 5.69 Å². The highest BCUT2D eigenvalue weighted by atomic mass is 32.2. The van der Waals surface area contributed by atoms with Crippen molar-refractivity contribution in [3.63, 3.8) is 0 Å². The number of ketones is 1. The summed E-state index contributed by atoms with van der Waals surface area (Å²) in [6.07, 6.45) is 1.79. The van der Waals surface area contributed by atoms with Gasteiger partial charge in [0.1, 0.15) is 0 Å². The van der Waals surface area contributed by atoms with E-state index in [1.54, 1.807) is 30.5 Å². The van der Waals surface area contributed by atoms with E-state index in [9.17, 15) is 14.7 Å². The number of carbonyl (C=O) groups excluding carboxylic acids is 1. The number of hydrogen-bond acceptors (Lipinski definition) is 4. The maximum absolute atomic E-state index is 12.1. The molecule has 0 spiro atoms. The summed E-state index contributed by atoms with van der Waals surface area (Å²) in [5.74, 6) is -0.350. The van der Waals surface area contributed by atoms with Gasteiger partial charge in [-0.2, -0.15) is 11.8 Å². The summed E-state index contributed by atoms with van der Waals surface area (Å²) in [6, 6.07) is 8.73. The van der Waals surface area contributed by atoms with Crippen LogP contribution >= 0.6 is 11.8 Å². The molecular formula is C13H14N2O3S. The molecule has 0 aliphatic rings. The zero-order valence-electron chi connectivity index (χ0n) is 10.7. The van der Waals surface area contributed by atoms with Crippen LogP contribution in [0, 0.1) is 0 Å². The SMILES string of the molecule is CSCC(=O)c1c(O)n(-c2ccccc2)c(=O)n1C. The van der Waals surface area contributed by atoms with Crippen molar-refractivity contribution < 1.29 is 9.90 Å². The van der Waals surface area contributed by atoms with E-state index in [1.165, 1.54) is 23.4 Å². The zero-order chi connectivity index (χ0) is 14.0. The predicted molar refractivity (Wildman–Crippen MR) is 75.4 cm³/mol. The van der Waals surface area contributed by atoms with Crippen LogP contribution in [0.3, 0.4) is 0 Å². The predicted octanol–water partition coefficient (Wildman–Crippen LogP) is 1.43. The van der Waals surface area contributed by atoms with Crippen LogP contribution in [0.4, 0.5) is 0 Å². The third kappa shape index (κ3) is 2.31. The van der Waals surface area contributed by atoms with Gasteiger partial charge in [-0.25, -0.2) is 9.36 Å². The number of rotatable bonds is 4. The highest BCUT2D eigenvalue weighted by Crippen LogP contribution is 2.21. The van der Waals surface area contributed by atoms with Gasteiger partial charge in [0.25, 0.3) is 0 Å². The van der Waals surface area contributed by atoms with Gasteiger partial charge in [-0.1, -0.05) is 18.2 Å². The first-order valence-electron chi connectivity index (χ1n) is 5.66. The van der Waals surface area contributed by atoms with Gasteiger partial charge in [-0.3, -0.25) is 9.36 Å². The lowest BCUT2D eigenvalue weighted by molar-refractivity contribution is 0.101. The molecule has 0 aliphatic carbocycles. The third-order valence-corrected chi connectivity index (χ3v) is 3.34. The fourth-order valence-electron chi connectivity index (χ4n) is 1.91. The van der Waals surface area contributed by atoms with Crippen molar-refractivity contribution in [2.45, 2.75) is 0 Å². The average molecular weight is 278 g/mol. The first-order chi connectivity index (χ1) is 9.07. The molecule has 0 unspecified atom stereocenters. The summed E-state index contributed by atoms with van der Waals surface area (Å²) in [7, 11) is 1.48. The molecule has 5 nitrogen and oxygen atoms in total. The maximum Gasteiger partial charge on any atom is 0.336 e. The standard InChI is InChI=1S/C13H14N2O3S/c1-14-11(10(16)8-19-2)12(17)15(13(14)18)9-6-4-3-5-7-9/h3-7,17H,8H2,1-2H3. The Hall–Kier alpha value is -1.95. The Kier molecular flexibility index (Phi) is 3.80. The molecule has 19 heavy (non-hydrogen) atoms. The molecule has 0 saturated heterocycles. The summed E-state index contributed by atoms with van der Waals surface area (Å²) < 4.78 is 2.31. The van der Waals surface area contributed by atoms with E-state index in [0.717, 1.165) is 4.57 Å². The molecule has 1 aromatic heterocycles. The Labute approximate surface area is 114 Å². The van der Waals surface area contributed by atoms with Crippen molar-refractivity contribution in [3.8, 4) is 11.6 Å². The minimum absolute atomic E-state index is 0.0446. The van der Waals surface area contributed by atoms with Gasteiger partial charge in [0.2, 0.25) is 5.88 Å². The maximum atomic E-state index is 12.1. The van der Waals surface area contributed by atoms with E-state index in [4.69, 9.17) is 0 Å². The molecule has 0 aliphatic heterocycles. The van der Waals surface area contributed by atoms with Gasteiger partial charge in [-0.15, -0.1) is 0 Å². The number of carbonyl (C=O) groups is 1. The molecule has 0 bridgehead atoms. The number of aromatic nitrogens is 2. The minimum atomic E-state index is -0.437. The highest BCUT2D eigenvalue weighted by molar-refractivity contribution is 7.99. The van der Waals surface area contributed by atoms with Crippen LogP contribution in [0.15, 0.2) is 35.1 Å². The Bertz CT molecular complexity index is 659. The Morgan fingerprint density at radius 3 is 2.53 bits per heavy atom. The van der Waals surface area contributed by atoms with E-state index >= 15 is 0 Å². The first-order valence-corrected chi connectivity index (χ1v) is 7.05. The van der Waals surface area contributed by atoms with Gasteiger partial charge < -0.3 is 5.11 Å². The van der Waals surface area contributed by atoms with E-state index in [2.05, 4.69) is 0 Å². The summed E-state index contributed by atoms with van der Waals surface area (Å²) >= 11 is 1.35. The lowest BCUT2D eigenvalue weighted by atomic mass is 10.3. The summed E-state index contributed by atoms with van der Waals surface area (Å²) in [6.45, 7) is 0. The van der Waals surface area contributed by atoms with Gasteiger partial charge >= 0.3 is 5.69 Å². The summed E-state index contributed by atoms with van der Waals surface area (Å²) in [5.41, 5.74) is 0.139. The largest absolute Gasteiger partial charge is 0.493 e. The summed E-state index contributed by atoms with van der Waals surface area (Å²) in [4.78, 5) is 24.1. The molecule has 1 heterocycles. The molecule has 100 valence electrons. The number of aromatic hydroxyl groups is 1. The van der Waals surface area contributed by atoms with Crippen LogP contribution in [-0.2, 0) is 7.05 Å². The number of imidazole rings is 1. The number of nitrogens with zero attached hydrogens (tertiary/aromatic N) is 2. The molecule has 1 aromatic carbocycles. The van der Waals surface area contributed by atoms with Crippen LogP contribution in [0.5, 0.6) is 5.88 Å². The average Bonchev–Trinajstić information content (AvgIpc) is 2.62. The van der Waals surface area contributed by atoms with Crippen LogP contribution in [-0.4, -0.2) is 32.0 Å². The van der Waals surface area contributed by atoms with Crippen LogP contribution in [0.2, 0.25) is 0 Å². The van der Waals surface area contributed by atoms with Crippen molar-refractivity contribution in [2.75, 3.05) is 12.0 Å². The number of Topliss-reactive ketones (excluding diaryl/α,β-unsaturated/α-hetero) is 1. The second kappa shape index (κ2) is 5.36. The van der Waals surface area contributed by atoms with Gasteiger partial charge in [0, 0.05) is 7.05 Å². The molecule has 0 radical (unpaired) electrons. The number of thioether (sulfide) groups is 1. The van der Waals surface area contributed by atoms with Crippen molar-refractivity contribution in [2.24, 2.45) is 7.05 Å². The van der Waals surface area contributed by atoms with Gasteiger partial charge in [0.15, 0.2) is 11.5 Å². The molecule has 1 N–H and O–H groups in total. The second-order valence-corrected chi connectivity index (χ2v) is 4.91. The lowest BCUT2D eigenvalue weighted by Gasteiger charge is -2.02. The van der Waals surface area contributed by atoms with Crippen molar-refractivity contribution in [1.82, 2.24) is 9.13 Å². The van der Waals surface area contributed by atoms with Crippen molar-refractivity contribution in [3.05, 3.63) is 46.5 Å². The smallest absolute Gasteiger partial charge is 0.336 e. The van der Waals surface area contributed by atoms with Crippen LogP contribution < -0.4 is 5.69 Å². The fraction of sp³-hybridized carbons (Fsp3) is 0.231. The molecule has 2 aromatic rings. The van der Waals surface area contributed by atoms with Crippen molar-refractivity contribution in [1.29, 1.82) is 0 Å². The normalized spacial score (nSPS) is 10.6. The van der Waals surface area contributed by atoms with E-state index in [-0.39, 0.29) is 23.1 Å². The Morgan fingerprint density at radius 2 is 1.95 bits per heavy atom. The Balaban J connectivity index is 2.63. The van der Waals surface area contributed by atoms with Crippen LogP contribution in [0.25, 0.3) is 5.69 Å².